The molecular weight excluding hydrogens is 297 g/mol. The highest BCUT2D eigenvalue weighted by molar-refractivity contribution is 5.76. The summed E-state index contributed by atoms with van der Waals surface area (Å²) < 4.78 is 38.9. The van der Waals surface area contributed by atoms with Crippen molar-refractivity contribution in [2.75, 3.05) is 13.1 Å². The van der Waals surface area contributed by atoms with E-state index in [1.807, 2.05) is 0 Å². The summed E-state index contributed by atoms with van der Waals surface area (Å²) in [4.78, 5) is 25.5. The molecule has 4 nitrogen and oxygen atoms in total. The summed E-state index contributed by atoms with van der Waals surface area (Å²) in [6.45, 7) is 0.863. The van der Waals surface area contributed by atoms with Gasteiger partial charge < -0.3 is 9.47 Å². The number of halogens is 3. The van der Waals surface area contributed by atoms with E-state index in [0.29, 0.717) is 19.3 Å². The second kappa shape index (κ2) is 6.98. The standard InChI is InChI=1S/C15H19F3N2O2/c16-15(17,18)12-6-7-13(21)20(10-12)11-14(22)19-8-4-2-1-3-5-9-19/h6-7,10H,1-5,8-9,11H2. The number of likely N-dealkylation sites (tertiary alicyclic amines) is 1. The number of pyridine rings is 1. The third-order valence-electron chi connectivity index (χ3n) is 3.83. The smallest absolute Gasteiger partial charge is 0.341 e. The van der Waals surface area contributed by atoms with E-state index >= 15 is 0 Å². The molecule has 2 rings (SSSR count). The highest BCUT2D eigenvalue weighted by Crippen LogP contribution is 2.28. The van der Waals surface area contributed by atoms with Crippen molar-refractivity contribution in [2.24, 2.45) is 0 Å². The van der Waals surface area contributed by atoms with Crippen molar-refractivity contribution < 1.29 is 18.0 Å². The van der Waals surface area contributed by atoms with Crippen molar-refractivity contribution in [1.29, 1.82) is 0 Å². The fourth-order valence-electron chi connectivity index (χ4n) is 2.57. The average Bonchev–Trinajstić information content (AvgIpc) is 2.39. The molecule has 0 radical (unpaired) electrons. The van der Waals surface area contributed by atoms with Crippen molar-refractivity contribution >= 4 is 5.91 Å². The molecule has 7 heteroatoms. The highest BCUT2D eigenvalue weighted by atomic mass is 19.4. The van der Waals surface area contributed by atoms with E-state index in [0.717, 1.165) is 48.8 Å². The predicted molar refractivity (Wildman–Crippen MR) is 75.4 cm³/mol. The van der Waals surface area contributed by atoms with Crippen LogP contribution in [0.25, 0.3) is 0 Å². The maximum Gasteiger partial charge on any atom is 0.417 e. The molecule has 0 aromatic carbocycles. The highest BCUT2D eigenvalue weighted by Gasteiger charge is 2.31. The van der Waals surface area contributed by atoms with Crippen LogP contribution in [0.3, 0.4) is 0 Å². The molecule has 22 heavy (non-hydrogen) atoms. The molecular formula is C15H19F3N2O2. The Morgan fingerprint density at radius 2 is 1.64 bits per heavy atom. The predicted octanol–water partition coefficient (Wildman–Crippen LogP) is 2.66. The van der Waals surface area contributed by atoms with Gasteiger partial charge in [-0.3, -0.25) is 9.59 Å². The van der Waals surface area contributed by atoms with Gasteiger partial charge in [0.15, 0.2) is 0 Å². The molecule has 1 aliphatic heterocycles. The van der Waals surface area contributed by atoms with E-state index in [-0.39, 0.29) is 12.5 Å². The number of carbonyl (C=O) groups is 1. The molecule has 1 saturated heterocycles. The SMILES string of the molecule is O=C(Cn1cc(C(F)(F)F)ccc1=O)N1CCCCCCC1. The Morgan fingerprint density at radius 1 is 1.05 bits per heavy atom. The molecule has 1 amide bonds. The molecule has 122 valence electrons. The molecule has 1 aromatic heterocycles. The molecule has 0 unspecified atom stereocenters. The summed E-state index contributed by atoms with van der Waals surface area (Å²) in [7, 11) is 0. The molecule has 0 spiro atoms. The van der Waals surface area contributed by atoms with E-state index in [4.69, 9.17) is 0 Å². The van der Waals surface area contributed by atoms with Crippen molar-refractivity contribution in [3.05, 3.63) is 34.2 Å². The van der Waals surface area contributed by atoms with Gasteiger partial charge in [-0.05, 0) is 18.9 Å². The third kappa shape index (κ3) is 4.35. The van der Waals surface area contributed by atoms with Crippen molar-refractivity contribution in [2.45, 2.75) is 44.8 Å². The van der Waals surface area contributed by atoms with E-state index in [9.17, 15) is 22.8 Å². The Kier molecular flexibility index (Phi) is 5.26. The fourth-order valence-corrected chi connectivity index (χ4v) is 2.57. The van der Waals surface area contributed by atoms with Gasteiger partial charge in [0.2, 0.25) is 5.91 Å². The van der Waals surface area contributed by atoms with Crippen LogP contribution in [0.5, 0.6) is 0 Å². The lowest BCUT2D eigenvalue weighted by atomic mass is 10.1. The summed E-state index contributed by atoms with van der Waals surface area (Å²) in [5.74, 6) is -0.302. The lowest BCUT2D eigenvalue weighted by Gasteiger charge is -2.25. The minimum atomic E-state index is -4.53. The zero-order valence-corrected chi connectivity index (χ0v) is 12.2. The first kappa shape index (κ1) is 16.6. The molecule has 0 N–H and O–H groups in total. The normalized spacial score (nSPS) is 17.0. The zero-order chi connectivity index (χ0) is 16.2. The third-order valence-corrected chi connectivity index (χ3v) is 3.83. The number of hydrogen-bond acceptors (Lipinski definition) is 2. The van der Waals surface area contributed by atoms with Gasteiger partial charge in [0.1, 0.15) is 6.54 Å². The lowest BCUT2D eigenvalue weighted by Crippen LogP contribution is -2.38. The molecule has 1 aromatic rings. The number of rotatable bonds is 2. The van der Waals surface area contributed by atoms with Gasteiger partial charge in [0, 0.05) is 25.4 Å². The van der Waals surface area contributed by atoms with Crippen LogP contribution in [-0.4, -0.2) is 28.5 Å². The average molecular weight is 316 g/mol. The van der Waals surface area contributed by atoms with Gasteiger partial charge in [0.05, 0.1) is 5.56 Å². The molecule has 0 atom stereocenters. The van der Waals surface area contributed by atoms with Gasteiger partial charge in [-0.15, -0.1) is 0 Å². The Hall–Kier alpha value is -1.79. The van der Waals surface area contributed by atoms with Crippen LogP contribution in [-0.2, 0) is 17.5 Å². The maximum absolute atomic E-state index is 12.7. The maximum atomic E-state index is 12.7. The van der Waals surface area contributed by atoms with E-state index in [1.165, 1.54) is 0 Å². The lowest BCUT2D eigenvalue weighted by molar-refractivity contribution is -0.138. The minimum Gasteiger partial charge on any atom is -0.341 e. The number of hydrogen-bond donors (Lipinski definition) is 0. The number of amides is 1. The Balaban J connectivity index is 2.11. The number of alkyl halides is 3. The van der Waals surface area contributed by atoms with E-state index in [2.05, 4.69) is 0 Å². The molecule has 1 fully saturated rings. The fraction of sp³-hybridized carbons (Fsp3) is 0.600. The van der Waals surface area contributed by atoms with Gasteiger partial charge >= 0.3 is 6.18 Å². The van der Waals surface area contributed by atoms with Crippen LogP contribution in [0.15, 0.2) is 23.1 Å². The monoisotopic (exact) mass is 316 g/mol. The van der Waals surface area contributed by atoms with E-state index < -0.39 is 17.3 Å². The van der Waals surface area contributed by atoms with Crippen molar-refractivity contribution in [3.63, 3.8) is 0 Å². The number of carbonyl (C=O) groups excluding carboxylic acids is 1. The van der Waals surface area contributed by atoms with Crippen LogP contribution >= 0.6 is 0 Å². The van der Waals surface area contributed by atoms with Crippen LogP contribution in [0.4, 0.5) is 13.2 Å². The largest absolute Gasteiger partial charge is 0.417 e. The summed E-state index contributed by atoms with van der Waals surface area (Å²) in [6, 6.07) is 1.59. The first-order valence-electron chi connectivity index (χ1n) is 7.43. The Morgan fingerprint density at radius 3 is 2.23 bits per heavy atom. The Bertz CT molecular complexity index is 573. The van der Waals surface area contributed by atoms with Gasteiger partial charge in [-0.25, -0.2) is 0 Å². The van der Waals surface area contributed by atoms with Crippen LogP contribution in [0, 0.1) is 0 Å². The number of nitrogens with zero attached hydrogens (tertiary/aromatic N) is 2. The summed E-state index contributed by atoms with van der Waals surface area (Å²) in [6.07, 6.45) is 1.21. The second-order valence-electron chi connectivity index (χ2n) is 5.53. The van der Waals surface area contributed by atoms with Crippen LogP contribution < -0.4 is 5.56 Å². The quantitative estimate of drug-likeness (QED) is 0.842. The summed E-state index contributed by atoms with van der Waals surface area (Å²) in [5, 5.41) is 0. The molecule has 2 heterocycles. The number of aromatic nitrogens is 1. The van der Waals surface area contributed by atoms with Gasteiger partial charge in [0.25, 0.3) is 5.56 Å². The zero-order valence-electron chi connectivity index (χ0n) is 12.2. The van der Waals surface area contributed by atoms with Crippen LogP contribution in [0.2, 0.25) is 0 Å². The first-order valence-corrected chi connectivity index (χ1v) is 7.43. The molecule has 1 aliphatic rings. The summed E-state index contributed by atoms with van der Waals surface area (Å²) in [5.41, 5.74) is -1.53. The van der Waals surface area contributed by atoms with Crippen molar-refractivity contribution in [1.82, 2.24) is 9.47 Å². The molecule has 0 saturated carbocycles. The Labute approximate surface area is 126 Å². The second-order valence-corrected chi connectivity index (χ2v) is 5.53. The topological polar surface area (TPSA) is 42.3 Å². The minimum absolute atomic E-state index is 0.302. The summed E-state index contributed by atoms with van der Waals surface area (Å²) >= 11 is 0. The van der Waals surface area contributed by atoms with Gasteiger partial charge in [-0.1, -0.05) is 19.3 Å². The molecule has 0 aliphatic carbocycles. The molecule has 0 bridgehead atoms. The first-order chi connectivity index (χ1) is 10.4. The van der Waals surface area contributed by atoms with E-state index in [1.54, 1.807) is 4.90 Å². The van der Waals surface area contributed by atoms with Crippen molar-refractivity contribution in [3.8, 4) is 0 Å². The van der Waals surface area contributed by atoms with Gasteiger partial charge in [-0.2, -0.15) is 13.2 Å². The van der Waals surface area contributed by atoms with Crippen LogP contribution in [0.1, 0.15) is 37.7 Å².